The normalized spacial score (nSPS) is 21.5. The van der Waals surface area contributed by atoms with Crippen LogP contribution in [0.15, 0.2) is 12.4 Å². The maximum absolute atomic E-state index is 6.22. The first-order valence-corrected chi connectivity index (χ1v) is 11.2. The molecule has 0 saturated carbocycles. The highest BCUT2D eigenvalue weighted by Gasteiger charge is 2.52. The molecule has 0 radical (unpaired) electrons. The monoisotopic (exact) mass is 321 g/mol. The van der Waals surface area contributed by atoms with E-state index in [1.54, 1.807) is 0 Å². The van der Waals surface area contributed by atoms with Gasteiger partial charge in [-0.15, -0.1) is 0 Å². The van der Waals surface area contributed by atoms with Gasteiger partial charge in [0.15, 0.2) is 8.24 Å². The first-order chi connectivity index (χ1) is 9.69. The average molecular weight is 321 g/mol. The van der Waals surface area contributed by atoms with E-state index < -0.39 is 8.24 Å². The van der Waals surface area contributed by atoms with E-state index in [1.807, 2.05) is 0 Å². The van der Waals surface area contributed by atoms with E-state index in [9.17, 15) is 0 Å². The zero-order valence-corrected chi connectivity index (χ0v) is 17.0. The van der Waals surface area contributed by atoms with E-state index in [1.165, 1.54) is 11.0 Å². The lowest BCUT2D eigenvalue weighted by molar-refractivity contribution is 0.00578. The molecular weight excluding hydrogens is 289 g/mol. The smallest absolute Gasteiger partial charge is 0.399 e. The highest BCUT2D eigenvalue weighted by molar-refractivity contribution is 6.79. The summed E-state index contributed by atoms with van der Waals surface area (Å²) in [4.78, 5) is 0. The lowest BCUT2D eigenvalue weighted by atomic mass is 9.79. The minimum atomic E-state index is -1.61. The highest BCUT2D eigenvalue weighted by Crippen LogP contribution is 2.39. The van der Waals surface area contributed by atoms with Gasteiger partial charge in [0.1, 0.15) is 0 Å². The molecule has 1 aliphatic heterocycles. The van der Waals surface area contributed by atoms with E-state index in [0.717, 1.165) is 0 Å². The van der Waals surface area contributed by atoms with Gasteiger partial charge in [0.05, 0.1) is 11.2 Å². The van der Waals surface area contributed by atoms with Crippen LogP contribution in [0.5, 0.6) is 0 Å². The lowest BCUT2D eigenvalue weighted by Crippen LogP contribution is -2.45. The molecule has 0 aromatic carbocycles. The Labute approximate surface area is 137 Å². The van der Waals surface area contributed by atoms with Crippen molar-refractivity contribution < 1.29 is 9.31 Å². The number of rotatable bonds is 2. The molecule has 22 heavy (non-hydrogen) atoms. The van der Waals surface area contributed by atoms with Gasteiger partial charge in [-0.3, -0.25) is 0 Å². The first kappa shape index (κ1) is 17.8. The molecule has 0 aliphatic carbocycles. The summed E-state index contributed by atoms with van der Waals surface area (Å²) in [5.41, 5.74) is 1.85. The highest BCUT2D eigenvalue weighted by atomic mass is 28.3. The Balaban J connectivity index is 2.37. The molecule has 2 rings (SSSR count). The second-order valence-corrected chi connectivity index (χ2v) is 14.3. The van der Waals surface area contributed by atoms with Crippen LogP contribution in [0.4, 0.5) is 0 Å². The number of hydrogen-bond donors (Lipinski definition) is 0. The van der Waals surface area contributed by atoms with Crippen molar-refractivity contribution in [3.63, 3.8) is 0 Å². The molecule has 0 atom stereocenters. The van der Waals surface area contributed by atoms with Crippen molar-refractivity contribution in [2.45, 2.75) is 84.7 Å². The zero-order valence-electron chi connectivity index (χ0n) is 16.0. The van der Waals surface area contributed by atoms with E-state index in [4.69, 9.17) is 9.31 Å². The number of nitrogens with zero attached hydrogens (tertiary/aromatic N) is 1. The Morgan fingerprint density at radius 2 is 1.45 bits per heavy atom. The summed E-state index contributed by atoms with van der Waals surface area (Å²) in [6, 6.07) is 0. The van der Waals surface area contributed by atoms with Crippen molar-refractivity contribution in [1.29, 1.82) is 0 Å². The maximum atomic E-state index is 6.22. The van der Waals surface area contributed by atoms with Crippen LogP contribution in [0.2, 0.25) is 18.1 Å². The molecule has 1 fully saturated rings. The predicted molar refractivity (Wildman–Crippen MR) is 97.5 cm³/mol. The second-order valence-electron chi connectivity index (χ2n) is 9.20. The van der Waals surface area contributed by atoms with Crippen molar-refractivity contribution in [2.24, 2.45) is 0 Å². The fourth-order valence-corrected chi connectivity index (χ4v) is 4.25. The minimum absolute atomic E-state index is 0.268. The Kier molecular flexibility index (Phi) is 4.04. The van der Waals surface area contributed by atoms with Crippen LogP contribution in [0, 0.1) is 6.92 Å². The average Bonchev–Trinajstić information content (AvgIpc) is 2.76. The lowest BCUT2D eigenvalue weighted by Gasteiger charge is -2.38. The molecule has 2 heterocycles. The van der Waals surface area contributed by atoms with E-state index in [0.29, 0.717) is 5.04 Å². The Bertz CT molecular complexity index is 554. The molecule has 0 spiro atoms. The third-order valence-electron chi connectivity index (χ3n) is 6.05. The number of aryl methyl sites for hydroxylation is 1. The van der Waals surface area contributed by atoms with Crippen molar-refractivity contribution in [3.8, 4) is 0 Å². The number of hydrogen-bond acceptors (Lipinski definition) is 2. The Morgan fingerprint density at radius 1 is 1.00 bits per heavy atom. The Hall–Kier alpha value is -0.518. The molecule has 3 nitrogen and oxygen atoms in total. The molecule has 0 N–H and O–H groups in total. The quantitative estimate of drug-likeness (QED) is 0.770. The topological polar surface area (TPSA) is 23.4 Å². The third-order valence-corrected chi connectivity index (χ3v) is 11.3. The molecule has 5 heteroatoms. The van der Waals surface area contributed by atoms with Gasteiger partial charge in [0.2, 0.25) is 0 Å². The molecule has 1 aromatic heterocycles. The van der Waals surface area contributed by atoms with Crippen LogP contribution >= 0.6 is 0 Å². The summed E-state index contributed by atoms with van der Waals surface area (Å²) in [7, 11) is -1.88. The van der Waals surface area contributed by atoms with E-state index >= 15 is 0 Å². The van der Waals surface area contributed by atoms with Gasteiger partial charge in [0.25, 0.3) is 0 Å². The maximum Gasteiger partial charge on any atom is 0.496 e. The van der Waals surface area contributed by atoms with E-state index in [2.05, 4.69) is 85.1 Å². The van der Waals surface area contributed by atoms with Gasteiger partial charge < -0.3 is 13.5 Å². The van der Waals surface area contributed by atoms with Crippen LogP contribution in [-0.2, 0) is 9.31 Å². The molecule has 1 saturated heterocycles. The summed E-state index contributed by atoms with van der Waals surface area (Å²) >= 11 is 0. The van der Waals surface area contributed by atoms with Gasteiger partial charge in [-0.2, -0.15) is 0 Å². The molecule has 124 valence electrons. The SMILES string of the molecule is Cc1cn([Si](C)(C)C(C)(C)C)cc1B1OC(C)(C)C(C)(C)O1. The van der Waals surface area contributed by atoms with Gasteiger partial charge in [-0.1, -0.05) is 33.9 Å². The predicted octanol–water partition coefficient (Wildman–Crippen LogP) is 3.95. The summed E-state index contributed by atoms with van der Waals surface area (Å²) in [5, 5.41) is 0.297. The summed E-state index contributed by atoms with van der Waals surface area (Å²) in [5.74, 6) is 0. The molecule has 1 aromatic rings. The van der Waals surface area contributed by atoms with Crippen LogP contribution in [0.25, 0.3) is 0 Å². The van der Waals surface area contributed by atoms with Crippen LogP contribution in [0.3, 0.4) is 0 Å². The van der Waals surface area contributed by atoms with Gasteiger partial charge in [-0.05, 0) is 57.6 Å². The molecule has 1 aliphatic rings. The summed E-state index contributed by atoms with van der Waals surface area (Å²) in [6.45, 7) is 22.4. The molecule has 0 bridgehead atoms. The first-order valence-electron chi connectivity index (χ1n) is 8.24. The minimum Gasteiger partial charge on any atom is -0.399 e. The van der Waals surface area contributed by atoms with Crippen molar-refractivity contribution in [2.75, 3.05) is 0 Å². The summed E-state index contributed by atoms with van der Waals surface area (Å²) < 4.78 is 14.9. The number of aromatic nitrogens is 1. The zero-order chi connectivity index (χ0) is 17.1. The summed E-state index contributed by atoms with van der Waals surface area (Å²) in [6.07, 6.45) is 4.53. The van der Waals surface area contributed by atoms with Crippen molar-refractivity contribution in [1.82, 2.24) is 4.23 Å². The fourth-order valence-electron chi connectivity index (χ4n) is 2.50. The molecule has 0 amide bonds. The molecule has 0 unspecified atom stereocenters. The fraction of sp³-hybridized carbons (Fsp3) is 0.765. The molecular formula is C17H32BNO2Si. The van der Waals surface area contributed by atoms with Gasteiger partial charge in [-0.25, -0.2) is 0 Å². The van der Waals surface area contributed by atoms with Crippen LogP contribution in [-0.4, -0.2) is 30.8 Å². The largest absolute Gasteiger partial charge is 0.496 e. The Morgan fingerprint density at radius 3 is 1.86 bits per heavy atom. The van der Waals surface area contributed by atoms with E-state index in [-0.39, 0.29) is 18.3 Å². The van der Waals surface area contributed by atoms with Crippen molar-refractivity contribution >= 4 is 20.8 Å². The third kappa shape index (κ3) is 2.72. The van der Waals surface area contributed by atoms with Gasteiger partial charge >= 0.3 is 7.12 Å². The van der Waals surface area contributed by atoms with Crippen molar-refractivity contribution in [3.05, 3.63) is 18.0 Å². The standard InChI is InChI=1S/C17H32BNO2Si/c1-13-11-19(22(9,10)15(2,3)4)12-14(13)18-20-16(5,6)17(7,8)21-18/h11-12H,1-10H3. The van der Waals surface area contributed by atoms with Gasteiger partial charge in [0, 0.05) is 5.46 Å². The van der Waals surface area contributed by atoms with Crippen LogP contribution < -0.4 is 5.46 Å². The second kappa shape index (κ2) is 4.99. The van der Waals surface area contributed by atoms with Crippen LogP contribution in [0.1, 0.15) is 54.0 Å².